The summed E-state index contributed by atoms with van der Waals surface area (Å²) in [5, 5.41) is 0. The molecule has 0 amide bonds. The molecule has 0 heteroatoms. The molecule has 1 unspecified atom stereocenters. The van der Waals surface area contributed by atoms with Crippen molar-refractivity contribution in [3.05, 3.63) is 132 Å². The largest absolute Gasteiger partial charge is 0.115 e. The third-order valence-electron chi connectivity index (χ3n) is 6.11. The van der Waals surface area contributed by atoms with Gasteiger partial charge in [0.15, 0.2) is 0 Å². The van der Waals surface area contributed by atoms with Crippen LogP contribution in [0.2, 0.25) is 0 Å². The van der Waals surface area contributed by atoms with Gasteiger partial charge in [-0.3, -0.25) is 0 Å². The first kappa shape index (κ1) is 53.9. The minimum atomic E-state index is 0.773. The van der Waals surface area contributed by atoms with Gasteiger partial charge in [0, 0.05) is 5.56 Å². The Bertz CT molecular complexity index is 1130. The molecule has 1 atom stereocenters. The summed E-state index contributed by atoms with van der Waals surface area (Å²) in [5.74, 6) is 3.42. The van der Waals surface area contributed by atoms with Crippen molar-refractivity contribution in [3.8, 4) is 23.5 Å². The molecule has 270 valence electrons. The van der Waals surface area contributed by atoms with E-state index in [1.165, 1.54) is 83.1 Å². The van der Waals surface area contributed by atoms with Gasteiger partial charge in [-0.05, 0) is 90.5 Å². The lowest BCUT2D eigenvalue weighted by atomic mass is 9.94. The minimum absolute atomic E-state index is 0.773. The van der Waals surface area contributed by atoms with E-state index in [-0.39, 0.29) is 0 Å². The quantitative estimate of drug-likeness (QED) is 0.183. The Morgan fingerprint density at radius 3 is 1.29 bits per heavy atom. The van der Waals surface area contributed by atoms with Crippen molar-refractivity contribution >= 4 is 0 Å². The number of hydrogen-bond acceptors (Lipinski definition) is 0. The molecule has 0 N–H and O–H groups in total. The molecule has 0 heterocycles. The van der Waals surface area contributed by atoms with Crippen LogP contribution in [0.5, 0.6) is 0 Å². The zero-order chi connectivity index (χ0) is 38.5. The summed E-state index contributed by atoms with van der Waals surface area (Å²) in [7, 11) is 0. The predicted octanol–water partition coefficient (Wildman–Crippen LogP) is 16.3. The van der Waals surface area contributed by atoms with Crippen LogP contribution in [0.3, 0.4) is 0 Å². The summed E-state index contributed by atoms with van der Waals surface area (Å²) in [6, 6.07) is 23.1. The van der Waals surface area contributed by atoms with E-state index >= 15 is 0 Å². The van der Waals surface area contributed by atoms with E-state index in [9.17, 15) is 0 Å². The third kappa shape index (κ3) is 36.9. The van der Waals surface area contributed by atoms with Crippen LogP contribution in [-0.4, -0.2) is 0 Å². The topological polar surface area (TPSA) is 0 Å². The molecule has 0 aliphatic heterocycles. The van der Waals surface area contributed by atoms with Gasteiger partial charge in [0.25, 0.3) is 0 Å². The SMILES string of the molecule is C#Cc1cccc(-c2ccc(C)cc2)c1.C=C.C=C(C)C.C=C(C)C(CC)CCC.CC.CCC.CCCC.Cc1cc(C)cc(C)c1. The minimum Gasteiger partial charge on any atom is -0.115 e. The fourth-order valence-electron chi connectivity index (χ4n) is 3.88. The number of unbranched alkanes of at least 4 members (excludes halogenated alkanes) is 1. The first-order valence-corrected chi connectivity index (χ1v) is 18.2. The van der Waals surface area contributed by atoms with Crippen molar-refractivity contribution in [2.24, 2.45) is 5.92 Å². The fraction of sp³-hybridized carbons (Fsp3) is 0.458. The highest BCUT2D eigenvalue weighted by Gasteiger charge is 2.03. The zero-order valence-corrected chi connectivity index (χ0v) is 34.6. The molecule has 0 fully saturated rings. The molecule has 0 radical (unpaired) electrons. The van der Waals surface area contributed by atoms with Crippen LogP contribution in [0.15, 0.2) is 104 Å². The van der Waals surface area contributed by atoms with Crippen LogP contribution in [0, 0.1) is 46.0 Å². The second kappa shape index (κ2) is 39.6. The van der Waals surface area contributed by atoms with Crippen molar-refractivity contribution < 1.29 is 0 Å². The molecule has 0 aromatic heterocycles. The Labute approximate surface area is 302 Å². The lowest BCUT2D eigenvalue weighted by Gasteiger charge is -2.12. The maximum absolute atomic E-state index is 5.37. The second-order valence-corrected chi connectivity index (χ2v) is 11.9. The number of allylic oxidation sites excluding steroid dienone is 2. The van der Waals surface area contributed by atoms with E-state index in [0.29, 0.717) is 0 Å². The van der Waals surface area contributed by atoms with Crippen LogP contribution >= 0.6 is 0 Å². The summed E-state index contributed by atoms with van der Waals surface area (Å²) in [4.78, 5) is 0. The van der Waals surface area contributed by atoms with Gasteiger partial charge in [-0.25, -0.2) is 0 Å². The average Bonchev–Trinajstić information content (AvgIpc) is 3.06. The molecule has 0 nitrogen and oxygen atoms in total. The fourth-order valence-corrected chi connectivity index (χ4v) is 3.88. The molecule has 3 rings (SSSR count). The van der Waals surface area contributed by atoms with E-state index in [2.05, 4.69) is 157 Å². The van der Waals surface area contributed by atoms with E-state index in [0.717, 1.165) is 11.5 Å². The van der Waals surface area contributed by atoms with Crippen LogP contribution < -0.4 is 0 Å². The Hall–Kier alpha value is -3.56. The Kier molecular flexibility index (Phi) is 44.5. The molecular formula is C48H78. The van der Waals surface area contributed by atoms with Gasteiger partial charge < -0.3 is 0 Å². The Balaban J connectivity index is -0.000000164. The summed E-state index contributed by atoms with van der Waals surface area (Å²) in [5.41, 5.74) is 11.1. The van der Waals surface area contributed by atoms with Crippen molar-refractivity contribution in [3.63, 3.8) is 0 Å². The molecule has 0 bridgehead atoms. The normalized spacial score (nSPS) is 9.04. The van der Waals surface area contributed by atoms with Gasteiger partial charge in [0.05, 0.1) is 0 Å². The number of benzene rings is 3. The van der Waals surface area contributed by atoms with Crippen LogP contribution in [0.1, 0.15) is 143 Å². The number of aryl methyl sites for hydroxylation is 4. The predicted molar refractivity (Wildman–Crippen MR) is 228 cm³/mol. The highest BCUT2D eigenvalue weighted by atomic mass is 14.1. The van der Waals surface area contributed by atoms with Gasteiger partial charge in [0.1, 0.15) is 0 Å². The van der Waals surface area contributed by atoms with Crippen molar-refractivity contribution in [2.75, 3.05) is 0 Å². The third-order valence-corrected chi connectivity index (χ3v) is 6.11. The van der Waals surface area contributed by atoms with Gasteiger partial charge in [0.2, 0.25) is 0 Å². The van der Waals surface area contributed by atoms with E-state index < -0.39 is 0 Å². The smallest absolute Gasteiger partial charge is 0.0248 e. The molecule has 0 saturated heterocycles. The number of hydrogen-bond donors (Lipinski definition) is 0. The highest BCUT2D eigenvalue weighted by molar-refractivity contribution is 5.65. The van der Waals surface area contributed by atoms with Crippen LogP contribution in [0.4, 0.5) is 0 Å². The van der Waals surface area contributed by atoms with Crippen LogP contribution in [0.25, 0.3) is 11.1 Å². The average molecular weight is 655 g/mol. The maximum atomic E-state index is 5.37. The molecule has 0 aliphatic carbocycles. The van der Waals surface area contributed by atoms with Crippen molar-refractivity contribution in [1.82, 2.24) is 0 Å². The Morgan fingerprint density at radius 2 is 1.02 bits per heavy atom. The van der Waals surface area contributed by atoms with Crippen molar-refractivity contribution in [1.29, 1.82) is 0 Å². The lowest BCUT2D eigenvalue weighted by Crippen LogP contribution is -1.97. The van der Waals surface area contributed by atoms with Gasteiger partial charge >= 0.3 is 0 Å². The zero-order valence-electron chi connectivity index (χ0n) is 34.6. The molecule has 3 aromatic rings. The van der Waals surface area contributed by atoms with Crippen molar-refractivity contribution in [2.45, 2.75) is 142 Å². The van der Waals surface area contributed by atoms with Gasteiger partial charge in [-0.15, -0.1) is 26.2 Å². The van der Waals surface area contributed by atoms with E-state index in [1.807, 2.05) is 45.9 Å². The summed E-state index contributed by atoms with van der Waals surface area (Å²) < 4.78 is 0. The first-order chi connectivity index (χ1) is 22.8. The maximum Gasteiger partial charge on any atom is 0.0248 e. The molecule has 3 aromatic carbocycles. The molecule has 0 aliphatic rings. The number of rotatable bonds is 6. The Morgan fingerprint density at radius 1 is 0.625 bits per heavy atom. The van der Waals surface area contributed by atoms with E-state index in [1.54, 1.807) is 0 Å². The van der Waals surface area contributed by atoms with Gasteiger partial charge in [-0.2, -0.15) is 0 Å². The molecule has 0 saturated carbocycles. The van der Waals surface area contributed by atoms with E-state index in [4.69, 9.17) is 6.42 Å². The second-order valence-electron chi connectivity index (χ2n) is 11.9. The first-order valence-electron chi connectivity index (χ1n) is 18.2. The molecular weight excluding hydrogens is 577 g/mol. The summed E-state index contributed by atoms with van der Waals surface area (Å²) in [6.45, 7) is 45.1. The van der Waals surface area contributed by atoms with Gasteiger partial charge in [-0.1, -0.05) is 182 Å². The highest BCUT2D eigenvalue weighted by Crippen LogP contribution is 2.20. The van der Waals surface area contributed by atoms with Crippen LogP contribution in [-0.2, 0) is 0 Å². The monoisotopic (exact) mass is 655 g/mol. The molecule has 0 spiro atoms. The molecule has 48 heavy (non-hydrogen) atoms. The summed E-state index contributed by atoms with van der Waals surface area (Å²) in [6.07, 6.45) is 13.1. The lowest BCUT2D eigenvalue weighted by molar-refractivity contribution is 0.536. The number of terminal acetylenes is 1. The standard InChI is InChI=1S/C15H12.C9H12.C9H18.C4H8.C4H10.C3H8.C2H6.C2H4/c1-3-13-5-4-6-15(11-13)14-9-7-12(2)8-10-14;1-7-4-8(2)6-9(3)5-7;1-5-7-9(6-2)8(3)4;1-4(2)3;1-3-4-2;1-3-2;2*1-2/h1,4-11H,2H3;4-6H,1-3H3;9H,3,5-7H2,1-2,4H3;1H2,2-3H3;3-4H2,1-2H3;3H2,1-2H3;1-2H3;1-2H2. The summed E-state index contributed by atoms with van der Waals surface area (Å²) >= 11 is 0.